The maximum Gasteiger partial charge on any atom is 0.344 e. The molecule has 0 bridgehead atoms. The van der Waals surface area contributed by atoms with Crippen LogP contribution in [0.5, 0.6) is 0 Å². The Morgan fingerprint density at radius 1 is 1.13 bits per heavy atom. The van der Waals surface area contributed by atoms with Gasteiger partial charge in [0.15, 0.2) is 0 Å². The second-order valence-corrected chi connectivity index (χ2v) is 10.2. The van der Waals surface area contributed by atoms with Gasteiger partial charge >= 0.3 is 11.9 Å². The number of ether oxygens (including phenoxy) is 1. The van der Waals surface area contributed by atoms with Crippen molar-refractivity contribution in [2.24, 2.45) is 33.7 Å². The largest absolute Gasteiger partial charge is 0.479 e. The Balaban J connectivity index is 1.51. The molecule has 0 spiro atoms. The lowest BCUT2D eigenvalue weighted by Crippen LogP contribution is -2.51. The number of hydrogen-bond donors (Lipinski definition) is 1. The van der Waals surface area contributed by atoms with Gasteiger partial charge < -0.3 is 14.7 Å². The van der Waals surface area contributed by atoms with E-state index in [-0.39, 0.29) is 22.9 Å². The van der Waals surface area contributed by atoms with E-state index in [1.54, 1.807) is 0 Å². The standard InChI is InChI=1S/C24H35NO5/c1-4-22(28)30-20-8-7-18-17-6-5-15-13-16(25-29-14-21(26)27)9-11-23(15,2)19(17)10-12-24(18,20)3/h13,17-20H,4-12,14H2,1-3H3,(H,26,27)/b25-16-/t17-,18+,19-,20+,23+,24+/m1/s1. The normalized spacial score (nSPS) is 41.3. The average Bonchev–Trinajstić information content (AvgIpc) is 3.04. The molecule has 1 N–H and O–H groups in total. The Hall–Kier alpha value is -1.85. The van der Waals surface area contributed by atoms with E-state index < -0.39 is 12.6 Å². The van der Waals surface area contributed by atoms with E-state index >= 15 is 0 Å². The van der Waals surface area contributed by atoms with Crippen LogP contribution in [0.15, 0.2) is 16.8 Å². The van der Waals surface area contributed by atoms with Crippen LogP contribution < -0.4 is 0 Å². The molecule has 4 aliphatic carbocycles. The predicted octanol–water partition coefficient (Wildman–Crippen LogP) is 4.73. The highest BCUT2D eigenvalue weighted by molar-refractivity contribution is 5.96. The first-order chi connectivity index (χ1) is 14.3. The summed E-state index contributed by atoms with van der Waals surface area (Å²) in [6.45, 7) is 6.28. The number of carbonyl (C=O) groups excluding carboxylic acids is 1. The summed E-state index contributed by atoms with van der Waals surface area (Å²) in [4.78, 5) is 27.6. The molecule has 166 valence electrons. The second-order valence-electron chi connectivity index (χ2n) is 10.2. The molecule has 6 heteroatoms. The maximum atomic E-state index is 12.0. The van der Waals surface area contributed by atoms with E-state index in [4.69, 9.17) is 14.7 Å². The van der Waals surface area contributed by atoms with Crippen LogP contribution in [0, 0.1) is 28.6 Å². The van der Waals surface area contributed by atoms with Gasteiger partial charge in [0.2, 0.25) is 6.61 Å². The summed E-state index contributed by atoms with van der Waals surface area (Å²) < 4.78 is 5.89. The van der Waals surface area contributed by atoms with Gasteiger partial charge in [0, 0.05) is 11.8 Å². The van der Waals surface area contributed by atoms with Crippen LogP contribution in [0.4, 0.5) is 0 Å². The summed E-state index contributed by atoms with van der Waals surface area (Å²) in [5.41, 5.74) is 2.64. The van der Waals surface area contributed by atoms with Crippen LogP contribution in [-0.2, 0) is 19.2 Å². The van der Waals surface area contributed by atoms with Gasteiger partial charge in [-0.1, -0.05) is 31.5 Å². The zero-order valence-corrected chi connectivity index (χ0v) is 18.5. The van der Waals surface area contributed by atoms with E-state index in [1.807, 2.05) is 6.92 Å². The molecule has 0 amide bonds. The number of rotatable bonds is 5. The van der Waals surface area contributed by atoms with Crippen molar-refractivity contribution in [3.63, 3.8) is 0 Å². The number of carbonyl (C=O) groups is 2. The third-order valence-electron chi connectivity index (χ3n) is 8.82. The fourth-order valence-corrected chi connectivity index (χ4v) is 7.20. The molecule has 0 saturated heterocycles. The molecule has 3 fully saturated rings. The van der Waals surface area contributed by atoms with Gasteiger partial charge in [-0.15, -0.1) is 0 Å². The van der Waals surface area contributed by atoms with E-state index in [2.05, 4.69) is 25.1 Å². The highest BCUT2D eigenvalue weighted by Crippen LogP contribution is 2.65. The number of oxime groups is 1. The molecule has 0 aromatic heterocycles. The third-order valence-corrected chi connectivity index (χ3v) is 8.82. The van der Waals surface area contributed by atoms with Gasteiger partial charge in [-0.3, -0.25) is 4.79 Å². The van der Waals surface area contributed by atoms with Crippen molar-refractivity contribution in [3.05, 3.63) is 11.6 Å². The molecular formula is C24H35NO5. The molecule has 4 rings (SSSR count). The number of carboxylic acid groups (broad SMARTS) is 1. The third kappa shape index (κ3) is 3.56. The monoisotopic (exact) mass is 417 g/mol. The maximum absolute atomic E-state index is 12.0. The summed E-state index contributed by atoms with van der Waals surface area (Å²) in [6, 6.07) is 0. The van der Waals surface area contributed by atoms with Crippen molar-refractivity contribution in [3.8, 4) is 0 Å². The van der Waals surface area contributed by atoms with E-state index in [0.717, 1.165) is 37.8 Å². The van der Waals surface area contributed by atoms with Crippen molar-refractivity contribution >= 4 is 17.7 Å². The predicted molar refractivity (Wildman–Crippen MR) is 113 cm³/mol. The van der Waals surface area contributed by atoms with Crippen molar-refractivity contribution < 1.29 is 24.3 Å². The molecule has 0 aromatic carbocycles. The molecule has 0 aliphatic heterocycles. The van der Waals surface area contributed by atoms with Crippen LogP contribution in [0.25, 0.3) is 0 Å². The fraction of sp³-hybridized carbons (Fsp3) is 0.792. The van der Waals surface area contributed by atoms with Crippen LogP contribution >= 0.6 is 0 Å². The second kappa shape index (κ2) is 8.01. The average molecular weight is 418 g/mol. The number of fused-ring (bicyclic) bond motifs is 5. The molecule has 0 heterocycles. The van der Waals surface area contributed by atoms with Crippen molar-refractivity contribution in [2.45, 2.75) is 84.7 Å². The zero-order valence-electron chi connectivity index (χ0n) is 18.5. The molecule has 3 saturated carbocycles. The topological polar surface area (TPSA) is 85.2 Å². The highest BCUT2D eigenvalue weighted by atomic mass is 16.6. The van der Waals surface area contributed by atoms with Crippen LogP contribution in [-0.4, -0.2) is 35.5 Å². The molecule has 6 nitrogen and oxygen atoms in total. The minimum Gasteiger partial charge on any atom is -0.479 e. The highest BCUT2D eigenvalue weighted by Gasteiger charge is 2.59. The first-order valence-corrected chi connectivity index (χ1v) is 11.6. The number of carboxylic acids is 1. The SMILES string of the molecule is CCC(=O)O[C@H]1CC[C@H]2[C@H]3CCC4=C/C(=N\OCC(=O)O)CC[C@]4(C)[C@@H]3CC[C@]12C. The van der Waals surface area contributed by atoms with Crippen LogP contribution in [0.3, 0.4) is 0 Å². The lowest BCUT2D eigenvalue weighted by atomic mass is 9.47. The Morgan fingerprint density at radius 2 is 1.93 bits per heavy atom. The Morgan fingerprint density at radius 3 is 2.67 bits per heavy atom. The van der Waals surface area contributed by atoms with E-state index in [0.29, 0.717) is 24.2 Å². The van der Waals surface area contributed by atoms with Crippen molar-refractivity contribution in [2.75, 3.05) is 6.61 Å². The minimum absolute atomic E-state index is 0.0611. The summed E-state index contributed by atoms with van der Waals surface area (Å²) in [5, 5.41) is 12.8. The Kier molecular flexibility index (Phi) is 5.71. The smallest absolute Gasteiger partial charge is 0.344 e. The molecule has 0 aromatic rings. The zero-order chi connectivity index (χ0) is 21.5. The number of esters is 1. The van der Waals surface area contributed by atoms with Gasteiger partial charge in [0.25, 0.3) is 0 Å². The first kappa shape index (κ1) is 21.4. The number of allylic oxidation sites excluding steroid dienone is 2. The Bertz CT molecular complexity index is 774. The molecule has 0 radical (unpaired) electrons. The summed E-state index contributed by atoms with van der Waals surface area (Å²) in [5.74, 6) is 0.931. The van der Waals surface area contributed by atoms with Gasteiger partial charge in [-0.25, -0.2) is 4.79 Å². The molecular weight excluding hydrogens is 382 g/mol. The number of nitrogens with zero attached hydrogens (tertiary/aromatic N) is 1. The van der Waals surface area contributed by atoms with Crippen molar-refractivity contribution in [1.29, 1.82) is 0 Å². The number of hydrogen-bond acceptors (Lipinski definition) is 5. The lowest BCUT2D eigenvalue weighted by molar-refractivity contribution is -0.159. The summed E-state index contributed by atoms with van der Waals surface area (Å²) in [6.07, 6.45) is 11.3. The molecule has 0 unspecified atom stereocenters. The molecule has 4 aliphatic rings. The van der Waals surface area contributed by atoms with Crippen LogP contribution in [0.1, 0.15) is 78.6 Å². The van der Waals surface area contributed by atoms with Gasteiger partial charge in [-0.2, -0.15) is 0 Å². The first-order valence-electron chi connectivity index (χ1n) is 11.6. The summed E-state index contributed by atoms with van der Waals surface area (Å²) >= 11 is 0. The quantitative estimate of drug-likeness (QED) is 0.516. The minimum atomic E-state index is -1.00. The van der Waals surface area contributed by atoms with Gasteiger partial charge in [0.1, 0.15) is 6.10 Å². The van der Waals surface area contributed by atoms with E-state index in [9.17, 15) is 9.59 Å². The van der Waals surface area contributed by atoms with Crippen LogP contribution in [0.2, 0.25) is 0 Å². The number of aliphatic carboxylic acids is 1. The summed E-state index contributed by atoms with van der Waals surface area (Å²) in [7, 11) is 0. The van der Waals surface area contributed by atoms with Gasteiger partial charge in [0.05, 0.1) is 5.71 Å². The fourth-order valence-electron chi connectivity index (χ4n) is 7.20. The molecule has 6 atom stereocenters. The Labute approximate surface area is 179 Å². The molecule has 30 heavy (non-hydrogen) atoms. The van der Waals surface area contributed by atoms with Crippen molar-refractivity contribution in [1.82, 2.24) is 0 Å². The van der Waals surface area contributed by atoms with E-state index in [1.165, 1.54) is 24.8 Å². The van der Waals surface area contributed by atoms with Gasteiger partial charge in [-0.05, 0) is 80.6 Å². The lowest BCUT2D eigenvalue weighted by Gasteiger charge is -2.58.